The highest BCUT2D eigenvalue weighted by atomic mass is 32.2. The van der Waals surface area contributed by atoms with Gasteiger partial charge in [-0.25, -0.2) is 9.18 Å². The maximum absolute atomic E-state index is 13.0. The molecule has 1 aromatic carbocycles. The molecule has 12 heteroatoms. The lowest BCUT2D eigenvalue weighted by atomic mass is 9.77. The zero-order chi connectivity index (χ0) is 18.6. The number of benzene rings is 1. The van der Waals surface area contributed by atoms with Gasteiger partial charge in [0, 0.05) is 6.08 Å². The molecular weight excluding hydrogens is 365 g/mol. The van der Waals surface area contributed by atoms with Gasteiger partial charge in [0.05, 0.1) is 18.2 Å². The molecule has 1 saturated heterocycles. The van der Waals surface area contributed by atoms with Crippen molar-refractivity contribution in [3.63, 3.8) is 0 Å². The Balaban J connectivity index is 2.19. The van der Waals surface area contributed by atoms with E-state index in [1.54, 1.807) is 0 Å². The summed E-state index contributed by atoms with van der Waals surface area (Å²) < 4.78 is 56.1. The lowest BCUT2D eigenvalue weighted by Crippen LogP contribution is -2.37. The van der Waals surface area contributed by atoms with Gasteiger partial charge < -0.3 is 17.7 Å². The molecule has 0 radical (unpaired) electrons. The van der Waals surface area contributed by atoms with Crippen molar-refractivity contribution in [2.45, 2.75) is 0 Å². The molecule has 0 unspecified atom stereocenters. The van der Waals surface area contributed by atoms with E-state index in [9.17, 15) is 26.9 Å². The van der Waals surface area contributed by atoms with Gasteiger partial charge in [-0.1, -0.05) is 17.6 Å². The predicted molar refractivity (Wildman–Crippen MR) is 86.0 cm³/mol. The van der Waals surface area contributed by atoms with Gasteiger partial charge in [0.2, 0.25) is 0 Å². The number of esters is 1. The van der Waals surface area contributed by atoms with Crippen molar-refractivity contribution < 1.29 is 31.7 Å². The third kappa shape index (κ3) is 4.92. The average molecular weight is 374 g/mol. The maximum Gasteiger partial charge on any atom is 0.510 e. The van der Waals surface area contributed by atoms with Crippen molar-refractivity contribution in [3.05, 3.63) is 40.6 Å². The Morgan fingerprint density at radius 2 is 2.08 bits per heavy atom. The summed E-state index contributed by atoms with van der Waals surface area (Å²) in [6.07, 6.45) is 1.74. The second kappa shape index (κ2) is 7.51. The number of thioether (sulfide) groups is 1. The number of rotatable bonds is 4. The number of amides is 1. The molecule has 0 spiro atoms. The topological polar surface area (TPSA) is 80.1 Å². The monoisotopic (exact) mass is 374 g/mol. The normalized spacial score (nSPS) is 18.2. The molecule has 1 heterocycles. The molecule has 0 bridgehead atoms. The Morgan fingerprint density at radius 1 is 1.36 bits per heavy atom. The number of halogens is 4. The van der Waals surface area contributed by atoms with Crippen molar-refractivity contribution in [1.29, 1.82) is 0 Å². The van der Waals surface area contributed by atoms with E-state index in [-0.39, 0.29) is 15.6 Å². The van der Waals surface area contributed by atoms with Crippen LogP contribution < -0.4 is 10.8 Å². The van der Waals surface area contributed by atoms with E-state index in [4.69, 9.17) is 0 Å². The standard InChI is InChI=1S/C13H9BF4N3O3S/c1-24-11(22)5-10-12(23)20-13(25-10)21-19-6-7-2-3-8(15)4-9(7)14(16,17)18/h2-6H,1H3,(H,20,21,23)/q-1/b10-5+,19-6?. The molecule has 25 heavy (non-hydrogen) atoms. The highest BCUT2D eigenvalue weighted by molar-refractivity contribution is 8.18. The second-order valence-corrected chi connectivity index (χ2v) is 5.62. The third-order valence-electron chi connectivity index (χ3n) is 2.85. The molecule has 1 aliphatic rings. The van der Waals surface area contributed by atoms with Crippen LogP contribution in [0.1, 0.15) is 5.56 Å². The molecule has 0 atom stereocenters. The maximum atomic E-state index is 13.0. The van der Waals surface area contributed by atoms with Crippen LogP contribution in [0.15, 0.2) is 39.4 Å². The minimum Gasteiger partial charge on any atom is -0.466 e. The number of carbonyl (C=O) groups is 2. The minimum absolute atomic E-state index is 0.00176. The van der Waals surface area contributed by atoms with E-state index >= 15 is 0 Å². The molecule has 0 aliphatic carbocycles. The number of nitrogens with zero attached hydrogens (tertiary/aromatic N) is 2. The van der Waals surface area contributed by atoms with Gasteiger partial charge in [-0.3, -0.25) is 10.1 Å². The first-order valence-electron chi connectivity index (χ1n) is 6.60. The Labute approximate surface area is 143 Å². The molecule has 1 aromatic rings. The van der Waals surface area contributed by atoms with Gasteiger partial charge in [0.15, 0.2) is 5.17 Å². The van der Waals surface area contributed by atoms with Crippen LogP contribution in [0, 0.1) is 5.82 Å². The number of amidine groups is 1. The quantitative estimate of drug-likeness (QED) is 0.216. The summed E-state index contributed by atoms with van der Waals surface area (Å²) in [6.45, 7) is -5.43. The molecular formula is C13H9BF4N3O3S-. The van der Waals surface area contributed by atoms with Gasteiger partial charge in [-0.05, 0) is 23.4 Å². The summed E-state index contributed by atoms with van der Waals surface area (Å²) in [5.74, 6) is -2.38. The van der Waals surface area contributed by atoms with E-state index in [1.807, 2.05) is 0 Å². The van der Waals surface area contributed by atoms with Crippen molar-refractivity contribution in [3.8, 4) is 0 Å². The Bertz CT molecular complexity index is 808. The van der Waals surface area contributed by atoms with Gasteiger partial charge in [0.1, 0.15) is 5.82 Å². The van der Waals surface area contributed by atoms with Crippen LogP contribution in [0.4, 0.5) is 17.3 Å². The number of hydrogen-bond acceptors (Lipinski definition) is 6. The Hall–Kier alpha value is -2.63. The van der Waals surface area contributed by atoms with Gasteiger partial charge in [0.25, 0.3) is 5.91 Å². The van der Waals surface area contributed by atoms with Crippen molar-refractivity contribution in [2.24, 2.45) is 10.2 Å². The van der Waals surface area contributed by atoms with Gasteiger partial charge >= 0.3 is 12.9 Å². The minimum atomic E-state index is -5.43. The van der Waals surface area contributed by atoms with E-state index < -0.39 is 30.1 Å². The van der Waals surface area contributed by atoms with Crippen LogP contribution in [-0.2, 0) is 14.3 Å². The lowest BCUT2D eigenvalue weighted by molar-refractivity contribution is -0.135. The van der Waals surface area contributed by atoms with Crippen LogP contribution in [0.25, 0.3) is 0 Å². The fraction of sp³-hybridized carbons (Fsp3) is 0.0769. The third-order valence-corrected chi connectivity index (χ3v) is 3.75. The molecule has 1 aliphatic heterocycles. The molecule has 132 valence electrons. The summed E-state index contributed by atoms with van der Waals surface area (Å²) in [5, 5.41) is 9.28. The first-order chi connectivity index (χ1) is 11.7. The summed E-state index contributed by atoms with van der Waals surface area (Å²) in [5.41, 5.74) is -1.50. The van der Waals surface area contributed by atoms with Crippen LogP contribution in [0.3, 0.4) is 0 Å². The largest absolute Gasteiger partial charge is 0.510 e. The second-order valence-electron chi connectivity index (χ2n) is 4.59. The van der Waals surface area contributed by atoms with Gasteiger partial charge in [-0.2, -0.15) is 5.10 Å². The molecule has 1 N–H and O–H groups in total. The molecule has 6 nitrogen and oxygen atoms in total. The van der Waals surface area contributed by atoms with E-state index in [1.165, 1.54) is 0 Å². The predicted octanol–water partition coefficient (Wildman–Crippen LogP) is 1.49. The summed E-state index contributed by atoms with van der Waals surface area (Å²) >= 11 is 0.767. The average Bonchev–Trinajstić information content (AvgIpc) is 2.87. The van der Waals surface area contributed by atoms with Crippen LogP contribution in [0.5, 0.6) is 0 Å². The van der Waals surface area contributed by atoms with E-state index in [0.717, 1.165) is 43.3 Å². The van der Waals surface area contributed by atoms with Gasteiger partial charge in [-0.15, -0.1) is 5.10 Å². The number of ether oxygens (including phenoxy) is 1. The van der Waals surface area contributed by atoms with Crippen molar-refractivity contribution in [1.82, 2.24) is 5.32 Å². The number of carbonyl (C=O) groups excluding carboxylic acids is 2. The summed E-state index contributed by atoms with van der Waals surface area (Å²) in [7, 11) is 1.14. The fourth-order valence-corrected chi connectivity index (χ4v) is 2.47. The van der Waals surface area contributed by atoms with E-state index in [0.29, 0.717) is 6.07 Å². The van der Waals surface area contributed by atoms with Crippen LogP contribution in [0.2, 0.25) is 0 Å². The molecule has 1 amide bonds. The highest BCUT2D eigenvalue weighted by Crippen LogP contribution is 2.23. The Kier molecular flexibility index (Phi) is 5.62. The summed E-state index contributed by atoms with van der Waals surface area (Å²) in [6, 6.07) is 2.16. The smallest absolute Gasteiger partial charge is 0.466 e. The molecule has 0 aromatic heterocycles. The summed E-state index contributed by atoms with van der Waals surface area (Å²) in [4.78, 5) is 22.6. The first-order valence-corrected chi connectivity index (χ1v) is 7.41. The lowest BCUT2D eigenvalue weighted by Gasteiger charge is -2.17. The fourth-order valence-electron chi connectivity index (χ4n) is 1.73. The van der Waals surface area contributed by atoms with Crippen molar-refractivity contribution >= 4 is 47.5 Å². The van der Waals surface area contributed by atoms with Crippen LogP contribution >= 0.6 is 11.8 Å². The first kappa shape index (κ1) is 18.7. The zero-order valence-corrected chi connectivity index (χ0v) is 13.3. The highest BCUT2D eigenvalue weighted by Gasteiger charge is 2.28. The molecule has 2 rings (SSSR count). The zero-order valence-electron chi connectivity index (χ0n) is 12.5. The Morgan fingerprint density at radius 3 is 2.72 bits per heavy atom. The number of hydrogen-bond donors (Lipinski definition) is 1. The molecule has 1 fully saturated rings. The SMILES string of the molecule is COC(=O)/C=C1/S/C(=N\N=Cc2ccc(F)cc2[B-](F)(F)F)NC1=O. The van der Waals surface area contributed by atoms with E-state index in [2.05, 4.69) is 20.3 Å². The van der Waals surface area contributed by atoms with Crippen LogP contribution in [-0.4, -0.2) is 37.3 Å². The van der Waals surface area contributed by atoms with Crippen molar-refractivity contribution in [2.75, 3.05) is 7.11 Å². The number of nitrogens with one attached hydrogen (secondary N) is 1. The number of methoxy groups -OCH3 is 1. The molecule has 0 saturated carbocycles.